The number of hydrogen-bond acceptors (Lipinski definition) is 4. The van der Waals surface area contributed by atoms with Crippen molar-refractivity contribution in [3.63, 3.8) is 0 Å². The number of nitrogens with zero attached hydrogens (tertiary/aromatic N) is 4. The molecular weight excluding hydrogens is 300 g/mol. The predicted molar refractivity (Wildman–Crippen MR) is 86.5 cm³/mol. The minimum Gasteiger partial charge on any atom is -0.375 e. The summed E-state index contributed by atoms with van der Waals surface area (Å²) in [7, 11) is 0. The molecule has 2 aliphatic heterocycles. The van der Waals surface area contributed by atoms with Crippen molar-refractivity contribution in [1.82, 2.24) is 9.80 Å². The summed E-state index contributed by atoms with van der Waals surface area (Å²) in [5.41, 5.74) is -0.113. The van der Waals surface area contributed by atoms with Crippen molar-refractivity contribution >= 4 is 5.96 Å². The fourth-order valence-electron chi connectivity index (χ4n) is 3.37. The first-order chi connectivity index (χ1) is 10.7. The van der Waals surface area contributed by atoms with E-state index < -0.39 is 5.03 Å². The van der Waals surface area contributed by atoms with Crippen LogP contribution >= 0.6 is 0 Å². The molecule has 0 aliphatic carbocycles. The summed E-state index contributed by atoms with van der Waals surface area (Å²) >= 11 is 0. The van der Waals surface area contributed by atoms with Gasteiger partial charge in [-0.1, -0.05) is 0 Å². The lowest BCUT2D eigenvalue weighted by Crippen LogP contribution is -2.43. The van der Waals surface area contributed by atoms with Crippen LogP contribution in [0.5, 0.6) is 0 Å². The van der Waals surface area contributed by atoms with Gasteiger partial charge < -0.3 is 19.3 Å². The third-order valence-corrected chi connectivity index (χ3v) is 4.20. The molecule has 0 aromatic carbocycles. The van der Waals surface area contributed by atoms with Crippen LogP contribution in [0, 0.1) is 16.0 Å². The molecule has 0 aromatic heterocycles. The highest BCUT2D eigenvalue weighted by atomic mass is 16.7. The molecule has 23 heavy (non-hydrogen) atoms. The molecule has 0 amide bonds. The molecule has 0 spiro atoms. The van der Waals surface area contributed by atoms with Crippen LogP contribution < -0.4 is 0 Å². The summed E-state index contributed by atoms with van der Waals surface area (Å²) in [5, 5.41) is 13.9. The van der Waals surface area contributed by atoms with E-state index in [0.717, 1.165) is 19.5 Å². The van der Waals surface area contributed by atoms with Gasteiger partial charge in [0.15, 0.2) is 5.03 Å². The Labute approximate surface area is 137 Å². The van der Waals surface area contributed by atoms with Gasteiger partial charge in [0.05, 0.1) is 18.3 Å². The van der Waals surface area contributed by atoms with Crippen LogP contribution in [0.4, 0.5) is 0 Å². The van der Waals surface area contributed by atoms with Crippen molar-refractivity contribution in [2.45, 2.75) is 59.0 Å². The normalized spacial score (nSPS) is 27.2. The molecule has 2 heterocycles. The van der Waals surface area contributed by atoms with E-state index in [1.165, 1.54) is 0 Å². The van der Waals surface area contributed by atoms with Crippen LogP contribution in [0.3, 0.4) is 0 Å². The Kier molecular flexibility index (Phi) is 5.46. The predicted octanol–water partition coefficient (Wildman–Crippen LogP) is 1.74. The lowest BCUT2D eigenvalue weighted by molar-refractivity contribution is -0.486. The van der Waals surface area contributed by atoms with E-state index in [0.29, 0.717) is 25.0 Å². The summed E-state index contributed by atoms with van der Waals surface area (Å²) in [6.07, 6.45) is 0.766. The van der Waals surface area contributed by atoms with E-state index in [-0.39, 0.29) is 17.9 Å². The van der Waals surface area contributed by atoms with Crippen LogP contribution in [0.1, 0.15) is 41.0 Å². The van der Waals surface area contributed by atoms with Gasteiger partial charge in [0.1, 0.15) is 11.3 Å². The average Bonchev–Trinajstić information content (AvgIpc) is 2.93. The monoisotopic (exact) mass is 328 g/mol. The zero-order valence-corrected chi connectivity index (χ0v) is 14.7. The first kappa shape index (κ1) is 17.9. The molecule has 2 rings (SSSR count). The second-order valence-corrected chi connectivity index (χ2v) is 7.20. The smallest absolute Gasteiger partial charge is 0.276 e. The van der Waals surface area contributed by atoms with Gasteiger partial charge in [0.25, 0.3) is 5.96 Å². The van der Waals surface area contributed by atoms with Crippen molar-refractivity contribution in [1.29, 1.82) is 0 Å². The summed E-state index contributed by atoms with van der Waals surface area (Å²) in [4.78, 5) is 14.8. The number of rotatable bonds is 6. The lowest BCUT2D eigenvalue weighted by Gasteiger charge is -2.28. The van der Waals surface area contributed by atoms with E-state index in [9.17, 15) is 10.1 Å². The molecular formula is C15H28N4O4. The Morgan fingerprint density at radius 1 is 1.43 bits per heavy atom. The van der Waals surface area contributed by atoms with E-state index in [2.05, 4.69) is 18.9 Å². The fraction of sp³-hybridized carbons (Fsp3) is 0.933. The van der Waals surface area contributed by atoms with Crippen LogP contribution in [-0.2, 0) is 9.47 Å². The van der Waals surface area contributed by atoms with Gasteiger partial charge >= 0.3 is 0 Å². The van der Waals surface area contributed by atoms with Crippen LogP contribution in [0.15, 0.2) is 5.10 Å². The Hall–Kier alpha value is -1.41. The third kappa shape index (κ3) is 4.78. The Balaban J connectivity index is 2.06. The summed E-state index contributed by atoms with van der Waals surface area (Å²) in [6.45, 7) is 12.8. The van der Waals surface area contributed by atoms with Gasteiger partial charge in [-0.3, -0.25) is 0 Å². The third-order valence-electron chi connectivity index (χ3n) is 4.20. The SMILES string of the molecule is CC(C)OC(C)N1CCN(CC2COC(C)(C)C2)C1=N[N+](=O)[O-]. The van der Waals surface area contributed by atoms with Gasteiger partial charge in [0.2, 0.25) is 0 Å². The molecule has 2 saturated heterocycles. The minimum atomic E-state index is -0.627. The van der Waals surface area contributed by atoms with E-state index in [1.54, 1.807) is 0 Å². The number of hydrogen-bond donors (Lipinski definition) is 0. The molecule has 132 valence electrons. The highest BCUT2D eigenvalue weighted by molar-refractivity contribution is 5.81. The maximum atomic E-state index is 10.9. The summed E-state index contributed by atoms with van der Waals surface area (Å²) in [6, 6.07) is 0. The summed E-state index contributed by atoms with van der Waals surface area (Å²) in [5.74, 6) is 0.760. The molecule has 2 unspecified atom stereocenters. The zero-order valence-electron chi connectivity index (χ0n) is 14.7. The van der Waals surface area contributed by atoms with E-state index in [4.69, 9.17) is 9.47 Å². The zero-order chi connectivity index (χ0) is 17.2. The molecule has 2 atom stereocenters. The fourth-order valence-corrected chi connectivity index (χ4v) is 3.37. The molecule has 2 fully saturated rings. The van der Waals surface area contributed by atoms with Gasteiger partial charge in [-0.15, -0.1) is 0 Å². The number of hydrazone groups is 1. The molecule has 8 heteroatoms. The largest absolute Gasteiger partial charge is 0.375 e. The standard InChI is InChI=1S/C15H28N4O4/c1-11(2)23-12(3)18-7-6-17(14(18)16-19(20)21)9-13-8-15(4,5)22-10-13/h11-13H,6-10H2,1-5H3. The highest BCUT2D eigenvalue weighted by Gasteiger charge is 2.38. The Morgan fingerprint density at radius 3 is 2.65 bits per heavy atom. The second kappa shape index (κ2) is 7.00. The number of guanidine groups is 1. The molecule has 0 aromatic rings. The maximum Gasteiger partial charge on any atom is 0.276 e. The molecule has 2 aliphatic rings. The molecule has 0 saturated carbocycles. The van der Waals surface area contributed by atoms with Gasteiger partial charge in [0, 0.05) is 25.6 Å². The van der Waals surface area contributed by atoms with Crippen molar-refractivity contribution in [3.8, 4) is 0 Å². The van der Waals surface area contributed by atoms with Gasteiger partial charge in [-0.2, -0.15) is 0 Å². The quantitative estimate of drug-likeness (QED) is 0.546. The van der Waals surface area contributed by atoms with Crippen molar-refractivity contribution in [2.24, 2.45) is 11.0 Å². The van der Waals surface area contributed by atoms with E-state index >= 15 is 0 Å². The first-order valence-corrected chi connectivity index (χ1v) is 8.22. The van der Waals surface area contributed by atoms with Crippen LogP contribution in [0.2, 0.25) is 0 Å². The second-order valence-electron chi connectivity index (χ2n) is 7.20. The van der Waals surface area contributed by atoms with Crippen molar-refractivity contribution in [2.75, 3.05) is 26.2 Å². The topological polar surface area (TPSA) is 80.4 Å². The number of ether oxygens (including phenoxy) is 2. The summed E-state index contributed by atoms with van der Waals surface area (Å²) < 4.78 is 11.5. The van der Waals surface area contributed by atoms with Crippen molar-refractivity contribution in [3.05, 3.63) is 10.1 Å². The maximum absolute atomic E-state index is 10.9. The molecule has 0 N–H and O–H groups in total. The average molecular weight is 328 g/mol. The van der Waals surface area contributed by atoms with E-state index in [1.807, 2.05) is 30.6 Å². The Bertz CT molecular complexity index is 466. The Morgan fingerprint density at radius 2 is 2.13 bits per heavy atom. The van der Waals surface area contributed by atoms with Gasteiger partial charge in [-0.05, 0) is 41.0 Å². The first-order valence-electron chi connectivity index (χ1n) is 8.22. The number of nitro groups is 1. The molecule has 8 nitrogen and oxygen atoms in total. The minimum absolute atomic E-state index is 0.0555. The highest BCUT2D eigenvalue weighted by Crippen LogP contribution is 2.30. The van der Waals surface area contributed by atoms with Gasteiger partial charge in [-0.25, -0.2) is 10.1 Å². The van der Waals surface area contributed by atoms with Crippen molar-refractivity contribution < 1.29 is 14.5 Å². The van der Waals surface area contributed by atoms with Crippen LogP contribution in [0.25, 0.3) is 0 Å². The molecule has 0 bridgehead atoms. The lowest BCUT2D eigenvalue weighted by atomic mass is 9.97. The van der Waals surface area contributed by atoms with Crippen LogP contribution in [-0.4, -0.2) is 65.0 Å². The molecule has 0 radical (unpaired) electrons.